The highest BCUT2D eigenvalue weighted by Gasteiger charge is 2.34. The lowest BCUT2D eigenvalue weighted by Gasteiger charge is -2.25. The molecule has 3 aromatic rings. The molecule has 1 aliphatic heterocycles. The van der Waals surface area contributed by atoms with Crippen LogP contribution in [0.25, 0.3) is 6.08 Å². The summed E-state index contributed by atoms with van der Waals surface area (Å²) >= 11 is 9.96. The van der Waals surface area contributed by atoms with Crippen LogP contribution in [0.3, 0.4) is 0 Å². The second-order valence-corrected chi connectivity index (χ2v) is 10.2. The molecule has 1 aliphatic rings. The van der Waals surface area contributed by atoms with Gasteiger partial charge in [-0.1, -0.05) is 41.1 Å². The van der Waals surface area contributed by atoms with Gasteiger partial charge < -0.3 is 14.2 Å². The van der Waals surface area contributed by atoms with E-state index in [4.69, 9.17) is 25.8 Å². The largest absolute Gasteiger partial charge is 0.493 e. The molecular weight excluding hydrogens is 603 g/mol. The lowest BCUT2D eigenvalue weighted by molar-refractivity contribution is -0.139. The van der Waals surface area contributed by atoms with Crippen LogP contribution < -0.4 is 24.4 Å². The molecule has 0 unspecified atom stereocenters. The standard InChI is InChI=1S/C25H22ClIN2O5S/c1-5-34-24(31)20-13(2)28-25-29(21(20)16-8-6-7-9-17(16)26)23(30)19(35-25)11-14-10-15(27)12-18(32-3)22(14)33-4/h6-12,21H,5H2,1-4H3/b19-11-/t21-/m1/s1. The number of methoxy groups -OCH3 is 2. The van der Waals surface area contributed by atoms with Gasteiger partial charge in [0.05, 0.1) is 36.6 Å². The zero-order valence-electron chi connectivity index (χ0n) is 19.4. The molecule has 2 heterocycles. The zero-order valence-corrected chi connectivity index (χ0v) is 23.2. The second-order valence-electron chi connectivity index (χ2n) is 7.55. The maximum Gasteiger partial charge on any atom is 0.338 e. The monoisotopic (exact) mass is 624 g/mol. The van der Waals surface area contributed by atoms with E-state index in [2.05, 4.69) is 27.6 Å². The van der Waals surface area contributed by atoms with Crippen molar-refractivity contribution in [1.29, 1.82) is 0 Å². The van der Waals surface area contributed by atoms with E-state index in [1.54, 1.807) is 52.3 Å². The molecule has 1 aromatic heterocycles. The highest BCUT2D eigenvalue weighted by molar-refractivity contribution is 14.1. The number of hydrogen-bond acceptors (Lipinski definition) is 7. The first-order valence-electron chi connectivity index (χ1n) is 10.7. The molecule has 182 valence electrons. The highest BCUT2D eigenvalue weighted by Crippen LogP contribution is 2.35. The topological polar surface area (TPSA) is 79.1 Å². The Morgan fingerprint density at radius 1 is 1.26 bits per heavy atom. The molecule has 0 saturated heterocycles. The zero-order chi connectivity index (χ0) is 25.3. The third-order valence-corrected chi connectivity index (χ3v) is 7.43. The smallest absolute Gasteiger partial charge is 0.338 e. The molecule has 10 heteroatoms. The summed E-state index contributed by atoms with van der Waals surface area (Å²) in [5, 5.41) is 0.438. The van der Waals surface area contributed by atoms with E-state index in [9.17, 15) is 9.59 Å². The van der Waals surface area contributed by atoms with Crippen molar-refractivity contribution in [3.8, 4) is 11.5 Å². The lowest BCUT2D eigenvalue weighted by Crippen LogP contribution is -2.40. The molecule has 0 amide bonds. The molecule has 2 aromatic carbocycles. The van der Waals surface area contributed by atoms with Gasteiger partial charge in [-0.25, -0.2) is 9.79 Å². The van der Waals surface area contributed by atoms with E-state index in [1.165, 1.54) is 15.9 Å². The number of carbonyl (C=O) groups is 1. The summed E-state index contributed by atoms with van der Waals surface area (Å²) in [6.45, 7) is 3.67. The normalized spacial score (nSPS) is 15.5. The summed E-state index contributed by atoms with van der Waals surface area (Å²) in [5.41, 5.74) is 1.78. The number of allylic oxidation sites excluding steroid dienone is 1. The van der Waals surface area contributed by atoms with E-state index in [0.717, 1.165) is 3.57 Å². The first-order valence-corrected chi connectivity index (χ1v) is 12.9. The minimum atomic E-state index is -0.770. The Balaban J connectivity index is 2.01. The summed E-state index contributed by atoms with van der Waals surface area (Å²) in [4.78, 5) is 31.8. The Morgan fingerprint density at radius 3 is 2.66 bits per heavy atom. The maximum absolute atomic E-state index is 13.8. The van der Waals surface area contributed by atoms with Crippen LogP contribution in [0.5, 0.6) is 11.5 Å². The fourth-order valence-corrected chi connectivity index (χ4v) is 5.88. The van der Waals surface area contributed by atoms with E-state index in [0.29, 0.717) is 42.7 Å². The lowest BCUT2D eigenvalue weighted by atomic mass is 9.96. The predicted molar refractivity (Wildman–Crippen MR) is 144 cm³/mol. The van der Waals surface area contributed by atoms with Gasteiger partial charge in [0, 0.05) is 14.2 Å². The van der Waals surface area contributed by atoms with Gasteiger partial charge >= 0.3 is 5.97 Å². The van der Waals surface area contributed by atoms with Crippen molar-refractivity contribution in [3.05, 3.63) is 87.1 Å². The van der Waals surface area contributed by atoms with Gasteiger partial charge in [0.15, 0.2) is 16.3 Å². The third-order valence-electron chi connectivity index (χ3n) is 5.48. The predicted octanol–water partition coefficient (Wildman–Crippen LogP) is 4.07. The molecule has 35 heavy (non-hydrogen) atoms. The number of benzene rings is 2. The van der Waals surface area contributed by atoms with Crippen LogP contribution in [0, 0.1) is 3.57 Å². The van der Waals surface area contributed by atoms with Crippen LogP contribution in [0.1, 0.15) is 31.0 Å². The Labute approximate surface area is 224 Å². The summed E-state index contributed by atoms with van der Waals surface area (Å²) in [7, 11) is 3.12. The van der Waals surface area contributed by atoms with E-state index in [-0.39, 0.29) is 17.7 Å². The molecular formula is C25H22ClIN2O5S. The van der Waals surface area contributed by atoms with Gasteiger partial charge in [-0.2, -0.15) is 0 Å². The fourth-order valence-electron chi connectivity index (χ4n) is 3.99. The molecule has 0 radical (unpaired) electrons. The van der Waals surface area contributed by atoms with Gasteiger partial charge in [0.1, 0.15) is 6.04 Å². The summed E-state index contributed by atoms with van der Waals surface area (Å²) in [6, 6.07) is 10.1. The molecule has 0 N–H and O–H groups in total. The maximum atomic E-state index is 13.8. The number of hydrogen-bond donors (Lipinski definition) is 0. The summed E-state index contributed by atoms with van der Waals surface area (Å²) < 4.78 is 19.2. The molecule has 7 nitrogen and oxygen atoms in total. The molecule has 0 spiro atoms. The van der Waals surface area contributed by atoms with Crippen molar-refractivity contribution in [2.45, 2.75) is 19.9 Å². The van der Waals surface area contributed by atoms with E-state index < -0.39 is 12.0 Å². The van der Waals surface area contributed by atoms with Crippen molar-refractivity contribution in [3.63, 3.8) is 0 Å². The number of carbonyl (C=O) groups excluding carboxylic acids is 1. The van der Waals surface area contributed by atoms with Gasteiger partial charge in [0.2, 0.25) is 0 Å². The Kier molecular flexibility index (Phi) is 7.67. The average molecular weight is 625 g/mol. The van der Waals surface area contributed by atoms with Crippen molar-refractivity contribution in [1.82, 2.24) is 4.57 Å². The minimum absolute atomic E-state index is 0.198. The first-order chi connectivity index (χ1) is 16.8. The highest BCUT2D eigenvalue weighted by atomic mass is 127. The second kappa shape index (κ2) is 10.5. The van der Waals surface area contributed by atoms with Crippen molar-refractivity contribution in [2.24, 2.45) is 4.99 Å². The Bertz CT molecular complexity index is 1530. The number of aromatic nitrogens is 1. The van der Waals surface area contributed by atoms with Crippen molar-refractivity contribution in [2.75, 3.05) is 20.8 Å². The van der Waals surface area contributed by atoms with Crippen LogP contribution >= 0.6 is 45.5 Å². The summed E-state index contributed by atoms with van der Waals surface area (Å²) in [5.74, 6) is 0.551. The van der Waals surface area contributed by atoms with Crippen molar-refractivity contribution < 1.29 is 19.0 Å². The quantitative estimate of drug-likeness (QED) is 0.305. The van der Waals surface area contributed by atoms with Crippen LogP contribution in [0.4, 0.5) is 0 Å². The van der Waals surface area contributed by atoms with Crippen LogP contribution in [-0.2, 0) is 9.53 Å². The average Bonchev–Trinajstić information content (AvgIpc) is 3.12. The molecule has 1 atom stereocenters. The van der Waals surface area contributed by atoms with Crippen LogP contribution in [0.15, 0.2) is 57.5 Å². The van der Waals surface area contributed by atoms with Gasteiger partial charge in [-0.3, -0.25) is 9.36 Å². The minimum Gasteiger partial charge on any atom is -0.493 e. The molecule has 0 fully saturated rings. The van der Waals surface area contributed by atoms with Crippen molar-refractivity contribution >= 4 is 57.6 Å². The number of nitrogens with zero attached hydrogens (tertiary/aromatic N) is 2. The Hall–Kier alpha value is -2.63. The molecule has 0 aliphatic carbocycles. The number of ether oxygens (including phenoxy) is 3. The van der Waals surface area contributed by atoms with E-state index in [1.807, 2.05) is 18.2 Å². The molecule has 0 bridgehead atoms. The molecule has 4 rings (SSSR count). The fraction of sp³-hybridized carbons (Fsp3) is 0.240. The van der Waals surface area contributed by atoms with Crippen LogP contribution in [0.2, 0.25) is 5.02 Å². The number of thiazole rings is 1. The number of esters is 1. The van der Waals surface area contributed by atoms with Gasteiger partial charge in [0.25, 0.3) is 5.56 Å². The van der Waals surface area contributed by atoms with Gasteiger partial charge in [-0.15, -0.1) is 0 Å². The van der Waals surface area contributed by atoms with E-state index >= 15 is 0 Å². The Morgan fingerprint density at radius 2 is 2.00 bits per heavy atom. The SMILES string of the molecule is CCOC(=O)C1=C(C)N=c2s/c(=C\c3cc(I)cc(OC)c3OC)c(=O)n2[C@@H]1c1ccccc1Cl. The van der Waals surface area contributed by atoms with Gasteiger partial charge in [-0.05, 0) is 66.3 Å². The first kappa shape index (κ1) is 25.5. The third kappa shape index (κ3) is 4.76. The van der Waals surface area contributed by atoms with Crippen LogP contribution in [-0.4, -0.2) is 31.4 Å². The number of fused-ring (bicyclic) bond motifs is 1. The molecule has 0 saturated carbocycles. The number of halogens is 2. The summed E-state index contributed by atoms with van der Waals surface area (Å²) in [6.07, 6.45) is 1.75. The number of rotatable bonds is 6.